The van der Waals surface area contributed by atoms with Crippen LogP contribution in [0.3, 0.4) is 0 Å². The maximum atomic E-state index is 5.70. The number of imidazole rings is 1. The largest absolute Gasteiger partial charge is 0.326 e. The van der Waals surface area contributed by atoms with Crippen molar-refractivity contribution >= 4 is 11.0 Å². The lowest BCUT2D eigenvalue weighted by Gasteiger charge is -2.26. The van der Waals surface area contributed by atoms with E-state index in [0.29, 0.717) is 12.5 Å². The average Bonchev–Trinajstić information content (AvgIpc) is 2.66. The summed E-state index contributed by atoms with van der Waals surface area (Å²) in [6.45, 7) is 11.6. The first kappa shape index (κ1) is 13.1. The van der Waals surface area contributed by atoms with Gasteiger partial charge in [-0.3, -0.25) is 0 Å². The second-order valence-electron chi connectivity index (χ2n) is 6.16. The fourth-order valence-electron chi connectivity index (χ4n) is 2.36. The molecule has 0 aliphatic rings. The summed E-state index contributed by atoms with van der Waals surface area (Å²) in [6, 6.07) is 6.33. The minimum atomic E-state index is 0.0403. The normalized spacial score (nSPS) is 12.6. The Labute approximate surface area is 109 Å². The van der Waals surface area contributed by atoms with Gasteiger partial charge in [0, 0.05) is 18.0 Å². The molecule has 0 saturated heterocycles. The molecule has 0 aliphatic heterocycles. The molecule has 2 rings (SSSR count). The average molecular weight is 245 g/mol. The quantitative estimate of drug-likeness (QED) is 0.881. The Hall–Kier alpha value is -1.35. The van der Waals surface area contributed by atoms with E-state index in [9.17, 15) is 0 Å². The van der Waals surface area contributed by atoms with E-state index in [1.165, 1.54) is 5.52 Å². The van der Waals surface area contributed by atoms with Crippen LogP contribution in [-0.4, -0.2) is 9.55 Å². The number of aromatic nitrogens is 2. The summed E-state index contributed by atoms with van der Waals surface area (Å²) in [5.74, 6) is 1.56. The zero-order valence-electron chi connectivity index (χ0n) is 12.0. The molecule has 3 nitrogen and oxygen atoms in total. The molecular weight excluding hydrogens is 222 g/mol. The van der Waals surface area contributed by atoms with Crippen LogP contribution in [-0.2, 0) is 12.1 Å². The van der Waals surface area contributed by atoms with Gasteiger partial charge in [-0.15, -0.1) is 0 Å². The fraction of sp³-hybridized carbons (Fsp3) is 0.533. The Morgan fingerprint density at radius 3 is 2.44 bits per heavy atom. The topological polar surface area (TPSA) is 43.8 Å². The van der Waals surface area contributed by atoms with Crippen molar-refractivity contribution in [3.63, 3.8) is 0 Å². The Kier molecular flexibility index (Phi) is 3.20. The second-order valence-corrected chi connectivity index (χ2v) is 6.16. The number of nitrogens with zero attached hydrogens (tertiary/aromatic N) is 2. The van der Waals surface area contributed by atoms with Crippen LogP contribution in [0.4, 0.5) is 0 Å². The Balaban J connectivity index is 2.76. The van der Waals surface area contributed by atoms with Gasteiger partial charge >= 0.3 is 0 Å². The van der Waals surface area contributed by atoms with Crippen molar-refractivity contribution < 1.29 is 0 Å². The van der Waals surface area contributed by atoms with E-state index in [4.69, 9.17) is 10.7 Å². The van der Waals surface area contributed by atoms with E-state index in [2.05, 4.69) is 57.4 Å². The molecule has 0 atom stereocenters. The third kappa shape index (κ3) is 2.15. The molecule has 0 aliphatic carbocycles. The van der Waals surface area contributed by atoms with Gasteiger partial charge in [0.2, 0.25) is 0 Å². The van der Waals surface area contributed by atoms with Crippen LogP contribution in [0.15, 0.2) is 18.2 Å². The number of nitrogens with two attached hydrogens (primary N) is 1. The molecule has 3 heteroatoms. The SMILES string of the molecule is CC(C)c1nc2cc(CN)ccc2n1C(C)(C)C. The molecule has 0 fully saturated rings. The van der Waals surface area contributed by atoms with Crippen LogP contribution in [0.1, 0.15) is 51.9 Å². The van der Waals surface area contributed by atoms with Crippen molar-refractivity contribution in [3.05, 3.63) is 29.6 Å². The Bertz CT molecular complexity index is 559. The highest BCUT2D eigenvalue weighted by Gasteiger charge is 2.22. The molecule has 1 heterocycles. The zero-order valence-corrected chi connectivity index (χ0v) is 12.0. The molecule has 0 unspecified atom stereocenters. The van der Waals surface area contributed by atoms with Crippen molar-refractivity contribution in [3.8, 4) is 0 Å². The summed E-state index contributed by atoms with van der Waals surface area (Å²) in [4.78, 5) is 4.79. The predicted octanol–water partition coefficient (Wildman–Crippen LogP) is 3.37. The molecule has 0 amide bonds. The third-order valence-electron chi connectivity index (χ3n) is 3.17. The lowest BCUT2D eigenvalue weighted by atomic mass is 10.1. The van der Waals surface area contributed by atoms with Gasteiger partial charge in [0.25, 0.3) is 0 Å². The minimum Gasteiger partial charge on any atom is -0.326 e. The number of benzene rings is 1. The van der Waals surface area contributed by atoms with Gasteiger partial charge in [-0.25, -0.2) is 4.98 Å². The fourth-order valence-corrected chi connectivity index (χ4v) is 2.36. The highest BCUT2D eigenvalue weighted by Crippen LogP contribution is 2.29. The van der Waals surface area contributed by atoms with E-state index in [1.807, 2.05) is 0 Å². The lowest BCUT2D eigenvalue weighted by Crippen LogP contribution is -2.24. The first-order valence-corrected chi connectivity index (χ1v) is 6.56. The maximum Gasteiger partial charge on any atom is 0.112 e. The van der Waals surface area contributed by atoms with Crippen LogP contribution in [0.2, 0.25) is 0 Å². The van der Waals surface area contributed by atoms with Crippen LogP contribution < -0.4 is 5.73 Å². The summed E-state index contributed by atoms with van der Waals surface area (Å²) in [5.41, 5.74) is 9.12. The van der Waals surface area contributed by atoms with Gasteiger partial charge in [0.05, 0.1) is 11.0 Å². The van der Waals surface area contributed by atoms with Crippen LogP contribution in [0.5, 0.6) is 0 Å². The van der Waals surface area contributed by atoms with Crippen LogP contribution in [0.25, 0.3) is 11.0 Å². The molecule has 98 valence electrons. The number of hydrogen-bond donors (Lipinski definition) is 1. The maximum absolute atomic E-state index is 5.70. The molecule has 2 N–H and O–H groups in total. The van der Waals surface area contributed by atoms with Crippen molar-refractivity contribution in [1.29, 1.82) is 0 Å². The summed E-state index contributed by atoms with van der Waals surface area (Å²) in [6.07, 6.45) is 0. The third-order valence-corrected chi connectivity index (χ3v) is 3.17. The van der Waals surface area contributed by atoms with Crippen molar-refractivity contribution in [2.75, 3.05) is 0 Å². The molecular formula is C15H23N3. The molecule has 2 aromatic rings. The molecule has 0 spiro atoms. The van der Waals surface area contributed by atoms with Gasteiger partial charge in [0.1, 0.15) is 5.82 Å². The summed E-state index contributed by atoms with van der Waals surface area (Å²) >= 11 is 0. The molecule has 0 saturated carbocycles. The second kappa shape index (κ2) is 4.39. The van der Waals surface area contributed by atoms with E-state index < -0.39 is 0 Å². The first-order chi connectivity index (χ1) is 8.34. The number of rotatable bonds is 2. The Morgan fingerprint density at radius 1 is 1.28 bits per heavy atom. The smallest absolute Gasteiger partial charge is 0.112 e. The molecule has 1 aromatic carbocycles. The van der Waals surface area contributed by atoms with Gasteiger partial charge in [0.15, 0.2) is 0 Å². The van der Waals surface area contributed by atoms with E-state index in [1.54, 1.807) is 0 Å². The lowest BCUT2D eigenvalue weighted by molar-refractivity contribution is 0.388. The highest BCUT2D eigenvalue weighted by molar-refractivity contribution is 5.77. The van der Waals surface area contributed by atoms with E-state index in [-0.39, 0.29) is 5.54 Å². The molecule has 1 aromatic heterocycles. The number of hydrogen-bond acceptors (Lipinski definition) is 2. The van der Waals surface area contributed by atoms with Gasteiger partial charge < -0.3 is 10.3 Å². The van der Waals surface area contributed by atoms with Gasteiger partial charge in [-0.05, 0) is 38.5 Å². The Morgan fingerprint density at radius 2 is 1.94 bits per heavy atom. The monoisotopic (exact) mass is 245 g/mol. The van der Waals surface area contributed by atoms with E-state index >= 15 is 0 Å². The van der Waals surface area contributed by atoms with Crippen LogP contribution >= 0.6 is 0 Å². The predicted molar refractivity (Wildman–Crippen MR) is 76.7 cm³/mol. The first-order valence-electron chi connectivity index (χ1n) is 6.56. The summed E-state index contributed by atoms with van der Waals surface area (Å²) in [5, 5.41) is 0. The van der Waals surface area contributed by atoms with Crippen LogP contribution in [0, 0.1) is 0 Å². The number of fused-ring (bicyclic) bond motifs is 1. The van der Waals surface area contributed by atoms with E-state index in [0.717, 1.165) is 16.9 Å². The molecule has 18 heavy (non-hydrogen) atoms. The highest BCUT2D eigenvalue weighted by atomic mass is 15.1. The summed E-state index contributed by atoms with van der Waals surface area (Å²) in [7, 11) is 0. The van der Waals surface area contributed by atoms with Gasteiger partial charge in [-0.2, -0.15) is 0 Å². The standard InChI is InChI=1S/C15H23N3/c1-10(2)14-17-12-8-11(9-16)6-7-13(12)18(14)15(3,4)5/h6-8,10H,9,16H2,1-5H3. The minimum absolute atomic E-state index is 0.0403. The van der Waals surface area contributed by atoms with Crippen molar-refractivity contribution in [1.82, 2.24) is 9.55 Å². The van der Waals surface area contributed by atoms with Crippen molar-refractivity contribution in [2.45, 2.75) is 52.6 Å². The van der Waals surface area contributed by atoms with Gasteiger partial charge in [-0.1, -0.05) is 19.9 Å². The molecule has 0 bridgehead atoms. The molecule has 0 radical (unpaired) electrons. The summed E-state index contributed by atoms with van der Waals surface area (Å²) < 4.78 is 2.34. The zero-order chi connectivity index (χ0) is 13.5. The van der Waals surface area contributed by atoms with Crippen molar-refractivity contribution in [2.24, 2.45) is 5.73 Å².